The second-order valence-corrected chi connectivity index (χ2v) is 13.8. The molecule has 3 aromatic rings. The summed E-state index contributed by atoms with van der Waals surface area (Å²) in [7, 11) is -4.01. The van der Waals surface area contributed by atoms with Crippen molar-refractivity contribution in [2.45, 2.75) is 50.7 Å². The normalized spacial score (nSPS) is 14.4. The number of halogens is 4. The number of amides is 2. The van der Waals surface area contributed by atoms with E-state index in [0.717, 1.165) is 41.8 Å². The molecule has 1 unspecified atom stereocenters. The van der Waals surface area contributed by atoms with Gasteiger partial charge in [0.15, 0.2) is 0 Å². The van der Waals surface area contributed by atoms with Gasteiger partial charge < -0.3 is 10.2 Å². The average molecular weight is 671 g/mol. The lowest BCUT2D eigenvalue weighted by molar-refractivity contribution is -0.140. The van der Waals surface area contributed by atoms with Crippen molar-refractivity contribution in [3.63, 3.8) is 0 Å². The smallest absolute Gasteiger partial charge is 0.244 e. The second-order valence-electron chi connectivity index (χ2n) is 10.3. The minimum atomic E-state index is -4.01. The van der Waals surface area contributed by atoms with Gasteiger partial charge in [0, 0.05) is 34.6 Å². The summed E-state index contributed by atoms with van der Waals surface area (Å²) in [6.07, 6.45) is 4.88. The van der Waals surface area contributed by atoms with Crippen LogP contribution in [0.2, 0.25) is 20.1 Å². The molecular weight excluding hydrogens is 640 g/mol. The van der Waals surface area contributed by atoms with Crippen molar-refractivity contribution < 1.29 is 18.0 Å². The lowest BCUT2D eigenvalue weighted by Gasteiger charge is -2.34. The lowest BCUT2D eigenvalue weighted by Crippen LogP contribution is -2.54. The Morgan fingerprint density at radius 3 is 2.10 bits per heavy atom. The fraction of sp³-hybridized carbons (Fsp3) is 0.333. The van der Waals surface area contributed by atoms with Gasteiger partial charge in [-0.25, -0.2) is 8.42 Å². The molecule has 1 saturated carbocycles. The Bertz CT molecular complexity index is 1510. The third kappa shape index (κ3) is 8.11. The van der Waals surface area contributed by atoms with E-state index < -0.39 is 28.5 Å². The molecule has 0 saturated heterocycles. The van der Waals surface area contributed by atoms with Crippen molar-refractivity contribution in [1.82, 2.24) is 10.2 Å². The first kappa shape index (κ1) is 32.4. The van der Waals surface area contributed by atoms with Crippen LogP contribution in [0.15, 0.2) is 66.7 Å². The molecule has 1 aliphatic carbocycles. The maximum Gasteiger partial charge on any atom is 0.244 e. The Morgan fingerprint density at radius 2 is 1.48 bits per heavy atom. The van der Waals surface area contributed by atoms with Gasteiger partial charge >= 0.3 is 0 Å². The number of carbonyl (C=O) groups is 2. The third-order valence-corrected chi connectivity index (χ3v) is 9.89. The topological polar surface area (TPSA) is 86.8 Å². The molecule has 3 aromatic carbocycles. The maximum atomic E-state index is 14.2. The number of rotatable bonds is 11. The first-order valence-electron chi connectivity index (χ1n) is 13.4. The highest BCUT2D eigenvalue weighted by molar-refractivity contribution is 7.92. The van der Waals surface area contributed by atoms with Crippen LogP contribution in [0.4, 0.5) is 5.69 Å². The third-order valence-electron chi connectivity index (χ3n) is 7.24. The van der Waals surface area contributed by atoms with E-state index in [9.17, 15) is 18.0 Å². The summed E-state index contributed by atoms with van der Waals surface area (Å²) in [6, 6.07) is 17.8. The van der Waals surface area contributed by atoms with Crippen molar-refractivity contribution in [2.75, 3.05) is 17.1 Å². The molecule has 12 heteroatoms. The number of nitrogens with zero attached hydrogens (tertiary/aromatic N) is 2. The Kier molecular flexibility index (Phi) is 11.1. The van der Waals surface area contributed by atoms with Gasteiger partial charge in [0.05, 0.1) is 22.0 Å². The van der Waals surface area contributed by atoms with E-state index in [2.05, 4.69) is 5.32 Å². The molecule has 0 radical (unpaired) electrons. The summed E-state index contributed by atoms with van der Waals surface area (Å²) in [4.78, 5) is 29.5. The summed E-state index contributed by atoms with van der Waals surface area (Å²) < 4.78 is 26.8. The highest BCUT2D eigenvalue weighted by Crippen LogP contribution is 2.34. The van der Waals surface area contributed by atoms with Gasteiger partial charge in [0.25, 0.3) is 0 Å². The molecule has 42 heavy (non-hydrogen) atoms. The quantitative estimate of drug-likeness (QED) is 0.244. The van der Waals surface area contributed by atoms with Gasteiger partial charge in [-0.05, 0) is 42.7 Å². The van der Waals surface area contributed by atoms with E-state index in [1.165, 1.54) is 17.0 Å². The van der Waals surface area contributed by atoms with E-state index in [1.807, 2.05) is 30.3 Å². The molecule has 1 fully saturated rings. The number of hydrogen-bond acceptors (Lipinski definition) is 4. The van der Waals surface area contributed by atoms with Crippen LogP contribution >= 0.6 is 46.4 Å². The minimum Gasteiger partial charge on any atom is -0.352 e. The van der Waals surface area contributed by atoms with E-state index in [4.69, 9.17) is 46.4 Å². The highest BCUT2D eigenvalue weighted by Gasteiger charge is 2.35. The predicted octanol–water partition coefficient (Wildman–Crippen LogP) is 6.77. The second kappa shape index (κ2) is 14.3. The van der Waals surface area contributed by atoms with Crippen molar-refractivity contribution in [1.29, 1.82) is 0 Å². The van der Waals surface area contributed by atoms with Gasteiger partial charge in [-0.15, -0.1) is 0 Å². The van der Waals surface area contributed by atoms with E-state index >= 15 is 0 Å². The largest absolute Gasteiger partial charge is 0.352 e. The molecule has 0 bridgehead atoms. The molecule has 7 nitrogen and oxygen atoms in total. The van der Waals surface area contributed by atoms with E-state index in [1.54, 1.807) is 24.3 Å². The Morgan fingerprint density at radius 1 is 0.881 bits per heavy atom. The Balaban J connectivity index is 1.78. The number of nitrogens with one attached hydrogen (secondary N) is 1. The molecule has 224 valence electrons. The molecule has 0 aromatic heterocycles. The molecule has 0 heterocycles. The van der Waals surface area contributed by atoms with Crippen LogP contribution in [0.5, 0.6) is 0 Å². The summed E-state index contributed by atoms with van der Waals surface area (Å²) in [5, 5.41) is 3.85. The van der Waals surface area contributed by atoms with Crippen LogP contribution in [0, 0.1) is 0 Å². The maximum absolute atomic E-state index is 14.2. The molecular formula is C30H31Cl4N3O4S. The van der Waals surface area contributed by atoms with Crippen molar-refractivity contribution in [3.05, 3.63) is 97.9 Å². The molecule has 2 amide bonds. The summed E-state index contributed by atoms with van der Waals surface area (Å²) in [5.74, 6) is -0.982. The van der Waals surface area contributed by atoms with Gasteiger partial charge in [0.1, 0.15) is 12.6 Å². The van der Waals surface area contributed by atoms with Crippen molar-refractivity contribution in [2.24, 2.45) is 0 Å². The van der Waals surface area contributed by atoms with E-state index in [0.29, 0.717) is 15.6 Å². The van der Waals surface area contributed by atoms with Gasteiger partial charge in [-0.1, -0.05) is 102 Å². The fourth-order valence-electron chi connectivity index (χ4n) is 5.06. The van der Waals surface area contributed by atoms with E-state index in [-0.39, 0.29) is 40.6 Å². The molecule has 0 aliphatic heterocycles. The minimum absolute atomic E-state index is 0.00517. The highest BCUT2D eigenvalue weighted by atomic mass is 35.5. The van der Waals surface area contributed by atoms with Crippen LogP contribution in [0.25, 0.3) is 0 Å². The van der Waals surface area contributed by atoms with Gasteiger partial charge in [-0.2, -0.15) is 0 Å². The average Bonchev–Trinajstić information content (AvgIpc) is 3.45. The van der Waals surface area contributed by atoms with Crippen LogP contribution in [-0.2, 0) is 32.6 Å². The van der Waals surface area contributed by atoms with Crippen molar-refractivity contribution in [3.8, 4) is 0 Å². The van der Waals surface area contributed by atoms with Crippen LogP contribution < -0.4 is 9.62 Å². The summed E-state index contributed by atoms with van der Waals surface area (Å²) >= 11 is 25.6. The number of benzene rings is 3. The lowest BCUT2D eigenvalue weighted by atomic mass is 10.0. The predicted molar refractivity (Wildman–Crippen MR) is 170 cm³/mol. The van der Waals surface area contributed by atoms with Crippen LogP contribution in [-0.4, -0.2) is 50.0 Å². The Labute approximate surface area is 266 Å². The fourth-order valence-corrected chi connectivity index (χ4v) is 6.87. The van der Waals surface area contributed by atoms with Gasteiger partial charge in [0.2, 0.25) is 21.8 Å². The number of anilines is 1. The number of carbonyl (C=O) groups excluding carboxylic acids is 2. The van der Waals surface area contributed by atoms with Crippen LogP contribution in [0.3, 0.4) is 0 Å². The summed E-state index contributed by atoms with van der Waals surface area (Å²) in [6.45, 7) is -0.767. The molecule has 4 rings (SSSR count). The number of sulfonamides is 1. The zero-order valence-electron chi connectivity index (χ0n) is 22.9. The molecule has 1 N–H and O–H groups in total. The molecule has 1 atom stereocenters. The molecule has 1 aliphatic rings. The zero-order valence-corrected chi connectivity index (χ0v) is 26.7. The monoisotopic (exact) mass is 669 g/mol. The van der Waals surface area contributed by atoms with Crippen LogP contribution in [0.1, 0.15) is 36.8 Å². The SMILES string of the molecule is CS(=O)(=O)N(CC(=O)N(Cc1c(Cl)cccc1Cl)C(Cc1ccccc1)C(=O)NC1CCCC1)c1cccc(Cl)c1Cl. The first-order chi connectivity index (χ1) is 20.0. The first-order valence-corrected chi connectivity index (χ1v) is 16.8. The van der Waals surface area contributed by atoms with Gasteiger partial charge in [-0.3, -0.25) is 13.9 Å². The number of hydrogen-bond donors (Lipinski definition) is 1. The zero-order chi connectivity index (χ0) is 30.4. The standard InChI is InChI=1S/C30H31Cl4N3O4S/c1-42(40,41)37(26-16-8-15-25(33)29(26)34)19-28(38)36(18-22-23(31)13-7-14-24(22)32)27(17-20-9-3-2-4-10-20)30(39)35-21-11-5-6-12-21/h2-4,7-10,13-16,21,27H,5-6,11-12,17-19H2,1H3,(H,35,39). The molecule has 0 spiro atoms. The summed E-state index contributed by atoms with van der Waals surface area (Å²) in [5.41, 5.74) is 1.31. The Hall–Kier alpha value is -2.49. The van der Waals surface area contributed by atoms with Crippen molar-refractivity contribution >= 4 is 73.9 Å².